The molecule has 112 valence electrons. The third kappa shape index (κ3) is 2.08. The zero-order valence-electron chi connectivity index (χ0n) is 12.2. The van der Waals surface area contributed by atoms with Gasteiger partial charge in [-0.3, -0.25) is 14.6 Å². The van der Waals surface area contributed by atoms with Gasteiger partial charge in [0, 0.05) is 37.1 Å². The molecule has 4 heterocycles. The van der Waals surface area contributed by atoms with Gasteiger partial charge in [0.25, 0.3) is 0 Å². The highest BCUT2D eigenvalue weighted by atomic mass is 16.4. The smallest absolute Gasteiger partial charge is 0.303 e. The average molecular weight is 278 g/mol. The number of fused-ring (bicyclic) bond motifs is 3. The van der Waals surface area contributed by atoms with Crippen LogP contribution in [0.4, 0.5) is 0 Å². The van der Waals surface area contributed by atoms with E-state index in [0.29, 0.717) is 24.4 Å². The van der Waals surface area contributed by atoms with E-state index in [-0.39, 0.29) is 0 Å². The van der Waals surface area contributed by atoms with Gasteiger partial charge in [0.05, 0.1) is 0 Å². The molecule has 0 aliphatic carbocycles. The van der Waals surface area contributed by atoms with E-state index in [4.69, 9.17) is 5.11 Å². The van der Waals surface area contributed by atoms with Crippen LogP contribution in [0.5, 0.6) is 0 Å². The van der Waals surface area contributed by atoms with Crippen molar-refractivity contribution in [1.29, 1.82) is 0 Å². The Kier molecular flexibility index (Phi) is 3.26. The molecule has 4 aliphatic heterocycles. The topological polar surface area (TPSA) is 43.8 Å². The zero-order chi connectivity index (χ0) is 13.7. The van der Waals surface area contributed by atoms with E-state index < -0.39 is 5.97 Å². The van der Waals surface area contributed by atoms with Crippen molar-refractivity contribution in [1.82, 2.24) is 9.80 Å². The number of carbonyl (C=O) groups is 1. The molecule has 0 amide bonds. The summed E-state index contributed by atoms with van der Waals surface area (Å²) in [6, 6.07) is 2.96. The second-order valence-electron chi connectivity index (χ2n) is 7.37. The first-order valence-electron chi connectivity index (χ1n) is 8.45. The van der Waals surface area contributed by atoms with Gasteiger partial charge >= 0.3 is 5.97 Å². The van der Waals surface area contributed by atoms with Gasteiger partial charge in [-0.15, -0.1) is 0 Å². The number of carboxylic acid groups (broad SMARTS) is 1. The van der Waals surface area contributed by atoms with Crippen LogP contribution < -0.4 is 0 Å². The summed E-state index contributed by atoms with van der Waals surface area (Å²) in [6.07, 6.45) is 9.39. The maximum atomic E-state index is 11.0. The highest BCUT2D eigenvalue weighted by Crippen LogP contribution is 2.45. The molecule has 4 unspecified atom stereocenters. The normalized spacial score (nSPS) is 44.9. The maximum Gasteiger partial charge on any atom is 0.303 e. The standard InChI is InChI=1S/C16H26N2O2/c19-16(20)10-11-8-12-3-4-13(9-11)18(12)15-5-7-17-6-1-2-14(15)17/h11-15H,1-10H2,(H,19,20). The van der Waals surface area contributed by atoms with Gasteiger partial charge < -0.3 is 5.11 Å². The SMILES string of the molecule is O=C(O)CC1CC2CCC(C1)N2C1CCN2CCCC12. The number of rotatable bonds is 3. The summed E-state index contributed by atoms with van der Waals surface area (Å²) >= 11 is 0. The number of piperidine rings is 1. The van der Waals surface area contributed by atoms with Crippen molar-refractivity contribution in [2.75, 3.05) is 13.1 Å². The Balaban J connectivity index is 1.47. The van der Waals surface area contributed by atoms with Crippen molar-refractivity contribution in [2.45, 2.75) is 75.5 Å². The summed E-state index contributed by atoms with van der Waals surface area (Å²) in [4.78, 5) is 16.5. The lowest BCUT2D eigenvalue weighted by Gasteiger charge is -2.44. The number of nitrogens with zero attached hydrogens (tertiary/aromatic N) is 2. The van der Waals surface area contributed by atoms with Crippen LogP contribution in [0.2, 0.25) is 0 Å². The summed E-state index contributed by atoms with van der Waals surface area (Å²) in [5.74, 6) is -0.173. The van der Waals surface area contributed by atoms with Crippen LogP contribution in [0.3, 0.4) is 0 Å². The van der Waals surface area contributed by atoms with Crippen LogP contribution >= 0.6 is 0 Å². The summed E-state index contributed by atoms with van der Waals surface area (Å²) in [5, 5.41) is 9.04. The average Bonchev–Trinajstić information content (AvgIpc) is 3.03. The van der Waals surface area contributed by atoms with Crippen molar-refractivity contribution in [3.05, 3.63) is 0 Å². The predicted molar refractivity (Wildman–Crippen MR) is 76.6 cm³/mol. The Labute approximate surface area is 121 Å². The molecule has 4 atom stereocenters. The molecule has 4 heteroatoms. The van der Waals surface area contributed by atoms with Crippen LogP contribution in [0.1, 0.15) is 51.4 Å². The first-order chi connectivity index (χ1) is 9.72. The molecule has 0 spiro atoms. The van der Waals surface area contributed by atoms with Gasteiger partial charge in [0.2, 0.25) is 0 Å². The molecule has 0 aromatic rings. The number of aliphatic carboxylic acids is 1. The Bertz CT molecular complexity index is 386. The third-order valence-corrected chi connectivity index (χ3v) is 6.30. The second kappa shape index (κ2) is 4.99. The van der Waals surface area contributed by atoms with Crippen LogP contribution in [0, 0.1) is 5.92 Å². The van der Waals surface area contributed by atoms with Crippen molar-refractivity contribution in [3.63, 3.8) is 0 Å². The third-order valence-electron chi connectivity index (χ3n) is 6.30. The van der Waals surface area contributed by atoms with Gasteiger partial charge in [0.1, 0.15) is 0 Å². The Morgan fingerprint density at radius 1 is 1.00 bits per heavy atom. The Morgan fingerprint density at radius 2 is 1.75 bits per heavy atom. The maximum absolute atomic E-state index is 11.0. The van der Waals surface area contributed by atoms with E-state index in [2.05, 4.69) is 9.80 Å². The quantitative estimate of drug-likeness (QED) is 0.857. The van der Waals surface area contributed by atoms with Crippen molar-refractivity contribution in [3.8, 4) is 0 Å². The first kappa shape index (κ1) is 13.1. The lowest BCUT2D eigenvalue weighted by molar-refractivity contribution is -0.138. The number of hydrogen-bond donors (Lipinski definition) is 1. The van der Waals surface area contributed by atoms with Crippen molar-refractivity contribution < 1.29 is 9.90 Å². The molecule has 4 aliphatic rings. The molecule has 0 saturated carbocycles. The van der Waals surface area contributed by atoms with Gasteiger partial charge in [-0.05, 0) is 57.4 Å². The van der Waals surface area contributed by atoms with E-state index in [9.17, 15) is 4.79 Å². The lowest BCUT2D eigenvalue weighted by Crippen LogP contribution is -2.52. The van der Waals surface area contributed by atoms with E-state index in [1.165, 1.54) is 45.2 Å². The fourth-order valence-electron chi connectivity index (χ4n) is 5.68. The number of carboxylic acids is 1. The number of hydrogen-bond acceptors (Lipinski definition) is 3. The molecule has 0 radical (unpaired) electrons. The molecule has 2 bridgehead atoms. The van der Waals surface area contributed by atoms with Crippen LogP contribution in [0.15, 0.2) is 0 Å². The Hall–Kier alpha value is -0.610. The first-order valence-corrected chi connectivity index (χ1v) is 8.45. The van der Waals surface area contributed by atoms with Gasteiger partial charge in [-0.2, -0.15) is 0 Å². The summed E-state index contributed by atoms with van der Waals surface area (Å²) in [7, 11) is 0. The molecule has 0 aromatic carbocycles. The van der Waals surface area contributed by atoms with E-state index in [1.54, 1.807) is 0 Å². The highest BCUT2D eigenvalue weighted by molar-refractivity contribution is 5.67. The zero-order valence-corrected chi connectivity index (χ0v) is 12.2. The predicted octanol–water partition coefficient (Wildman–Crippen LogP) is 1.94. The summed E-state index contributed by atoms with van der Waals surface area (Å²) in [5.41, 5.74) is 0. The fraction of sp³-hybridized carbons (Fsp3) is 0.938. The molecule has 4 rings (SSSR count). The highest BCUT2D eigenvalue weighted by Gasteiger charge is 2.49. The monoisotopic (exact) mass is 278 g/mol. The second-order valence-corrected chi connectivity index (χ2v) is 7.37. The minimum absolute atomic E-state index is 0.390. The minimum atomic E-state index is -0.606. The Morgan fingerprint density at radius 3 is 2.45 bits per heavy atom. The molecule has 4 saturated heterocycles. The summed E-state index contributed by atoms with van der Waals surface area (Å²) in [6.45, 7) is 2.61. The van der Waals surface area contributed by atoms with E-state index in [0.717, 1.165) is 24.9 Å². The van der Waals surface area contributed by atoms with Crippen LogP contribution in [-0.4, -0.2) is 58.1 Å². The van der Waals surface area contributed by atoms with Crippen molar-refractivity contribution >= 4 is 5.97 Å². The summed E-state index contributed by atoms with van der Waals surface area (Å²) < 4.78 is 0. The fourth-order valence-corrected chi connectivity index (χ4v) is 5.68. The molecule has 20 heavy (non-hydrogen) atoms. The van der Waals surface area contributed by atoms with Gasteiger partial charge in [-0.25, -0.2) is 0 Å². The van der Waals surface area contributed by atoms with E-state index >= 15 is 0 Å². The molecule has 1 N–H and O–H groups in total. The van der Waals surface area contributed by atoms with Gasteiger partial charge in [-0.1, -0.05) is 0 Å². The van der Waals surface area contributed by atoms with Crippen LogP contribution in [0.25, 0.3) is 0 Å². The molecule has 4 nitrogen and oxygen atoms in total. The van der Waals surface area contributed by atoms with E-state index in [1.807, 2.05) is 0 Å². The minimum Gasteiger partial charge on any atom is -0.481 e. The molecule has 0 aromatic heterocycles. The molecular formula is C16H26N2O2. The molecular weight excluding hydrogens is 252 g/mol. The van der Waals surface area contributed by atoms with Gasteiger partial charge in [0.15, 0.2) is 0 Å². The molecule has 4 fully saturated rings. The lowest BCUT2D eigenvalue weighted by atomic mass is 9.86. The largest absolute Gasteiger partial charge is 0.481 e. The van der Waals surface area contributed by atoms with Crippen molar-refractivity contribution in [2.24, 2.45) is 5.92 Å². The van der Waals surface area contributed by atoms with Crippen LogP contribution in [-0.2, 0) is 4.79 Å².